The number of ether oxygens (including phenoxy) is 1. The molecule has 2 fully saturated rings. The van der Waals surface area contributed by atoms with Crippen LogP contribution in [0.3, 0.4) is 0 Å². The quantitative estimate of drug-likeness (QED) is 0.603. The Morgan fingerprint density at radius 1 is 1.21 bits per heavy atom. The molecule has 0 unspecified atom stereocenters. The third kappa shape index (κ3) is 5.68. The van der Waals surface area contributed by atoms with Gasteiger partial charge in [-0.2, -0.15) is 0 Å². The van der Waals surface area contributed by atoms with Crippen molar-refractivity contribution in [2.75, 3.05) is 54.4 Å². The van der Waals surface area contributed by atoms with Crippen LogP contribution in [0, 0.1) is 5.82 Å². The molecular formula is C23H25ClFN5O3S. The molecule has 2 saturated heterocycles. The van der Waals surface area contributed by atoms with Crippen molar-refractivity contribution in [1.82, 2.24) is 10.2 Å². The third-order valence-corrected chi connectivity index (χ3v) is 6.27. The number of cyclic esters (lactones) is 1. The van der Waals surface area contributed by atoms with Gasteiger partial charge in [-0.1, -0.05) is 17.7 Å². The number of thiocarbonyl (C=S) groups is 1. The molecule has 4 rings (SSSR count). The van der Waals surface area contributed by atoms with Crippen LogP contribution in [0.4, 0.5) is 26.2 Å². The van der Waals surface area contributed by atoms with E-state index < -0.39 is 18.0 Å². The van der Waals surface area contributed by atoms with Crippen molar-refractivity contribution < 1.29 is 18.7 Å². The van der Waals surface area contributed by atoms with Gasteiger partial charge in [0.15, 0.2) is 5.11 Å². The smallest absolute Gasteiger partial charge is 0.414 e. The van der Waals surface area contributed by atoms with Crippen LogP contribution in [-0.2, 0) is 9.53 Å². The fraction of sp³-hybridized carbons (Fsp3) is 0.348. The minimum atomic E-state index is -0.558. The van der Waals surface area contributed by atoms with Crippen LogP contribution in [0.5, 0.6) is 0 Å². The molecule has 0 bridgehead atoms. The molecule has 2 aromatic carbocycles. The lowest BCUT2D eigenvalue weighted by atomic mass is 10.2. The average Bonchev–Trinajstić information content (AvgIpc) is 3.18. The highest BCUT2D eigenvalue weighted by atomic mass is 35.5. The van der Waals surface area contributed by atoms with Crippen molar-refractivity contribution in [3.05, 3.63) is 53.3 Å². The minimum absolute atomic E-state index is 0.203. The lowest BCUT2D eigenvalue weighted by molar-refractivity contribution is -0.119. The Hall–Kier alpha value is -3.11. The zero-order chi connectivity index (χ0) is 24.2. The summed E-state index contributed by atoms with van der Waals surface area (Å²) in [4.78, 5) is 28.7. The van der Waals surface area contributed by atoms with Crippen LogP contribution in [0.1, 0.15) is 6.92 Å². The topological polar surface area (TPSA) is 77.2 Å². The molecule has 2 aliphatic rings. The summed E-state index contributed by atoms with van der Waals surface area (Å²) in [5.74, 6) is -0.616. The number of amides is 2. The van der Waals surface area contributed by atoms with Crippen molar-refractivity contribution in [3.8, 4) is 0 Å². The highest BCUT2D eigenvalue weighted by Crippen LogP contribution is 2.28. The first-order chi connectivity index (χ1) is 16.3. The summed E-state index contributed by atoms with van der Waals surface area (Å²) < 4.78 is 20.3. The number of rotatable bonds is 5. The van der Waals surface area contributed by atoms with E-state index in [9.17, 15) is 9.59 Å². The Balaban J connectivity index is 1.34. The molecular weight excluding hydrogens is 481 g/mol. The maximum absolute atomic E-state index is 15.0. The average molecular weight is 506 g/mol. The van der Waals surface area contributed by atoms with Crippen LogP contribution in [0.2, 0.25) is 5.02 Å². The van der Waals surface area contributed by atoms with E-state index in [0.29, 0.717) is 47.7 Å². The van der Waals surface area contributed by atoms with E-state index in [0.717, 1.165) is 5.69 Å². The van der Waals surface area contributed by atoms with Gasteiger partial charge in [-0.25, -0.2) is 9.18 Å². The number of hydrogen-bond donors (Lipinski definition) is 2. The Morgan fingerprint density at radius 2 is 1.97 bits per heavy atom. The first-order valence-electron chi connectivity index (χ1n) is 10.9. The minimum Gasteiger partial charge on any atom is -0.442 e. The SMILES string of the molecule is CC(=O)NC[C@H]1CN(c2ccc(N3CCN(C(=S)Nc4cccc(Cl)c4)CC3)c(F)c2)C(=O)O1. The molecule has 2 aromatic rings. The molecule has 2 N–H and O–H groups in total. The first-order valence-corrected chi connectivity index (χ1v) is 11.7. The summed E-state index contributed by atoms with van der Waals surface area (Å²) in [6, 6.07) is 12.1. The lowest BCUT2D eigenvalue weighted by Gasteiger charge is -2.37. The summed E-state index contributed by atoms with van der Waals surface area (Å²) >= 11 is 11.5. The third-order valence-electron chi connectivity index (χ3n) is 5.68. The zero-order valence-electron chi connectivity index (χ0n) is 18.6. The van der Waals surface area contributed by atoms with Gasteiger partial charge in [-0.15, -0.1) is 0 Å². The standard InChI is InChI=1S/C23H25ClFN5O3S/c1-15(31)26-13-19-14-30(23(32)33-19)18-5-6-21(20(25)12-18)28-7-9-29(10-8-28)22(34)27-17-4-2-3-16(24)11-17/h2-6,11-12,19H,7-10,13-14H2,1H3,(H,26,31)(H,27,34)/t19-/m0/s1. The summed E-state index contributed by atoms with van der Waals surface area (Å²) in [6.45, 7) is 4.32. The molecule has 2 heterocycles. The van der Waals surface area contributed by atoms with E-state index in [1.807, 2.05) is 21.9 Å². The monoisotopic (exact) mass is 505 g/mol. The number of nitrogens with zero attached hydrogens (tertiary/aromatic N) is 3. The molecule has 34 heavy (non-hydrogen) atoms. The lowest BCUT2D eigenvalue weighted by Crippen LogP contribution is -2.50. The van der Waals surface area contributed by atoms with Gasteiger partial charge in [-0.3, -0.25) is 9.69 Å². The van der Waals surface area contributed by atoms with E-state index in [1.54, 1.807) is 24.3 Å². The number of benzene rings is 2. The van der Waals surface area contributed by atoms with E-state index in [-0.39, 0.29) is 19.0 Å². The van der Waals surface area contributed by atoms with Gasteiger partial charge in [0.25, 0.3) is 0 Å². The second kappa shape index (κ2) is 10.4. The Kier molecular flexibility index (Phi) is 7.38. The summed E-state index contributed by atoms with van der Waals surface area (Å²) in [5, 5.41) is 7.03. The number of nitrogens with one attached hydrogen (secondary N) is 2. The highest BCUT2D eigenvalue weighted by molar-refractivity contribution is 7.80. The predicted octanol–water partition coefficient (Wildman–Crippen LogP) is 3.46. The fourth-order valence-electron chi connectivity index (χ4n) is 3.94. The second-order valence-electron chi connectivity index (χ2n) is 8.10. The Bertz CT molecular complexity index is 1100. The number of hydrogen-bond acceptors (Lipinski definition) is 5. The highest BCUT2D eigenvalue weighted by Gasteiger charge is 2.33. The van der Waals surface area contributed by atoms with Gasteiger partial charge < -0.3 is 25.2 Å². The summed E-state index contributed by atoms with van der Waals surface area (Å²) in [6.07, 6.45) is -1.03. The van der Waals surface area contributed by atoms with Crippen molar-refractivity contribution >= 4 is 58.0 Å². The number of anilines is 3. The van der Waals surface area contributed by atoms with E-state index in [4.69, 9.17) is 28.6 Å². The van der Waals surface area contributed by atoms with Crippen LogP contribution in [-0.4, -0.2) is 67.4 Å². The molecule has 180 valence electrons. The van der Waals surface area contributed by atoms with Gasteiger partial charge in [0.05, 0.1) is 24.5 Å². The van der Waals surface area contributed by atoms with Crippen LogP contribution in [0.15, 0.2) is 42.5 Å². The van der Waals surface area contributed by atoms with E-state index >= 15 is 4.39 Å². The first kappa shape index (κ1) is 24.0. The van der Waals surface area contributed by atoms with Crippen molar-refractivity contribution in [3.63, 3.8) is 0 Å². The van der Waals surface area contributed by atoms with Crippen LogP contribution in [0.25, 0.3) is 0 Å². The Labute approximate surface area is 207 Å². The normalized spacial score (nSPS) is 18.0. The molecule has 0 aliphatic carbocycles. The summed E-state index contributed by atoms with van der Waals surface area (Å²) in [5.41, 5.74) is 1.71. The van der Waals surface area contributed by atoms with Crippen molar-refractivity contribution in [1.29, 1.82) is 0 Å². The molecule has 2 aliphatic heterocycles. The van der Waals surface area contributed by atoms with E-state index in [2.05, 4.69) is 10.6 Å². The predicted molar refractivity (Wildman–Crippen MR) is 134 cm³/mol. The van der Waals surface area contributed by atoms with Gasteiger partial charge in [0.1, 0.15) is 11.9 Å². The molecule has 0 radical (unpaired) electrons. The van der Waals surface area contributed by atoms with Gasteiger partial charge >= 0.3 is 6.09 Å². The number of halogens is 2. The van der Waals surface area contributed by atoms with Crippen molar-refractivity contribution in [2.45, 2.75) is 13.0 Å². The Morgan fingerprint density at radius 3 is 2.65 bits per heavy atom. The number of carbonyl (C=O) groups is 2. The largest absolute Gasteiger partial charge is 0.442 e. The van der Waals surface area contributed by atoms with Gasteiger partial charge in [-0.05, 0) is 48.6 Å². The number of piperazine rings is 1. The molecule has 11 heteroatoms. The van der Waals surface area contributed by atoms with Gasteiger partial charge in [0.2, 0.25) is 5.91 Å². The van der Waals surface area contributed by atoms with Crippen molar-refractivity contribution in [2.24, 2.45) is 0 Å². The fourth-order valence-corrected chi connectivity index (χ4v) is 4.43. The molecule has 8 nitrogen and oxygen atoms in total. The molecule has 0 spiro atoms. The number of carbonyl (C=O) groups excluding carboxylic acids is 2. The van der Waals surface area contributed by atoms with Gasteiger partial charge in [0, 0.05) is 43.8 Å². The molecule has 1 atom stereocenters. The maximum atomic E-state index is 15.0. The molecule has 0 saturated carbocycles. The zero-order valence-corrected chi connectivity index (χ0v) is 20.2. The van der Waals surface area contributed by atoms with Crippen LogP contribution >= 0.6 is 23.8 Å². The second-order valence-corrected chi connectivity index (χ2v) is 8.93. The van der Waals surface area contributed by atoms with Crippen LogP contribution < -0.4 is 20.4 Å². The van der Waals surface area contributed by atoms with E-state index in [1.165, 1.54) is 17.9 Å². The molecule has 2 amide bonds. The molecule has 0 aromatic heterocycles. The summed E-state index contributed by atoms with van der Waals surface area (Å²) in [7, 11) is 0. The maximum Gasteiger partial charge on any atom is 0.414 e.